The van der Waals surface area contributed by atoms with E-state index in [2.05, 4.69) is 21.1 Å². The number of benzene rings is 2. The van der Waals surface area contributed by atoms with Gasteiger partial charge in [0.1, 0.15) is 12.4 Å². The van der Waals surface area contributed by atoms with Gasteiger partial charge in [-0.15, -0.1) is 0 Å². The SMILES string of the molecule is C/C(=N\O)c1ccccc1OCc1ccc(Br)cc1. The lowest BCUT2D eigenvalue weighted by atomic mass is 10.1. The number of rotatable bonds is 4. The fraction of sp³-hybridized carbons (Fsp3) is 0.133. The Morgan fingerprint density at radius 3 is 2.53 bits per heavy atom. The fourth-order valence-corrected chi connectivity index (χ4v) is 1.95. The van der Waals surface area contributed by atoms with Crippen LogP contribution in [0.15, 0.2) is 58.2 Å². The fourth-order valence-electron chi connectivity index (χ4n) is 1.69. The van der Waals surface area contributed by atoms with Crippen LogP contribution in [0.5, 0.6) is 5.75 Å². The Morgan fingerprint density at radius 2 is 1.84 bits per heavy atom. The van der Waals surface area contributed by atoms with Crippen molar-refractivity contribution in [2.24, 2.45) is 5.16 Å². The van der Waals surface area contributed by atoms with Crippen molar-refractivity contribution in [2.45, 2.75) is 13.5 Å². The number of halogens is 1. The summed E-state index contributed by atoms with van der Waals surface area (Å²) in [5.41, 5.74) is 2.41. The lowest BCUT2D eigenvalue weighted by Gasteiger charge is -2.10. The van der Waals surface area contributed by atoms with Crippen molar-refractivity contribution in [2.75, 3.05) is 0 Å². The third kappa shape index (κ3) is 3.58. The first-order valence-corrected chi connectivity index (χ1v) is 6.65. The van der Waals surface area contributed by atoms with Crippen molar-refractivity contribution in [3.63, 3.8) is 0 Å². The molecule has 0 atom stereocenters. The van der Waals surface area contributed by atoms with E-state index in [4.69, 9.17) is 9.94 Å². The van der Waals surface area contributed by atoms with E-state index in [0.29, 0.717) is 18.1 Å². The van der Waals surface area contributed by atoms with Gasteiger partial charge < -0.3 is 9.94 Å². The third-order valence-corrected chi connectivity index (χ3v) is 3.26. The molecule has 0 saturated heterocycles. The molecule has 0 fully saturated rings. The van der Waals surface area contributed by atoms with Gasteiger partial charge in [0.15, 0.2) is 0 Å². The van der Waals surface area contributed by atoms with Gasteiger partial charge in [-0.1, -0.05) is 45.4 Å². The van der Waals surface area contributed by atoms with Crippen molar-refractivity contribution < 1.29 is 9.94 Å². The van der Waals surface area contributed by atoms with Crippen LogP contribution in [0.25, 0.3) is 0 Å². The number of para-hydroxylation sites is 1. The van der Waals surface area contributed by atoms with Gasteiger partial charge >= 0.3 is 0 Å². The minimum Gasteiger partial charge on any atom is -0.488 e. The van der Waals surface area contributed by atoms with Crippen LogP contribution in [0.2, 0.25) is 0 Å². The molecule has 2 aromatic rings. The lowest BCUT2D eigenvalue weighted by Crippen LogP contribution is -2.02. The predicted octanol–water partition coefficient (Wildman–Crippen LogP) is 4.23. The number of ether oxygens (including phenoxy) is 1. The summed E-state index contributed by atoms with van der Waals surface area (Å²) in [4.78, 5) is 0. The molecular weight excluding hydrogens is 306 g/mol. The predicted molar refractivity (Wildman–Crippen MR) is 78.9 cm³/mol. The topological polar surface area (TPSA) is 41.8 Å². The summed E-state index contributed by atoms with van der Waals surface area (Å²) in [5, 5.41) is 12.1. The molecule has 0 aliphatic rings. The molecule has 19 heavy (non-hydrogen) atoms. The van der Waals surface area contributed by atoms with Crippen molar-refractivity contribution in [1.82, 2.24) is 0 Å². The summed E-state index contributed by atoms with van der Waals surface area (Å²) in [6.07, 6.45) is 0. The molecule has 98 valence electrons. The van der Waals surface area contributed by atoms with E-state index in [9.17, 15) is 0 Å². The number of oxime groups is 1. The molecular formula is C15H14BrNO2. The standard InChI is InChI=1S/C15H14BrNO2/c1-11(17-18)14-4-2-3-5-15(14)19-10-12-6-8-13(16)9-7-12/h2-9,18H,10H2,1H3/b17-11+. The highest BCUT2D eigenvalue weighted by atomic mass is 79.9. The van der Waals surface area contributed by atoms with Crippen LogP contribution in [-0.4, -0.2) is 10.9 Å². The summed E-state index contributed by atoms with van der Waals surface area (Å²) >= 11 is 3.40. The first-order valence-electron chi connectivity index (χ1n) is 5.86. The molecule has 0 unspecified atom stereocenters. The molecule has 3 nitrogen and oxygen atoms in total. The molecule has 0 amide bonds. The number of nitrogens with zero attached hydrogens (tertiary/aromatic N) is 1. The summed E-state index contributed by atoms with van der Waals surface area (Å²) in [6, 6.07) is 15.5. The van der Waals surface area contributed by atoms with Gasteiger partial charge in [-0.3, -0.25) is 0 Å². The van der Waals surface area contributed by atoms with Crippen LogP contribution in [0.4, 0.5) is 0 Å². The second-order valence-corrected chi connectivity index (χ2v) is 5.01. The number of hydrogen-bond donors (Lipinski definition) is 1. The van der Waals surface area contributed by atoms with E-state index < -0.39 is 0 Å². The minimum atomic E-state index is 0.475. The average Bonchev–Trinajstić information content (AvgIpc) is 2.46. The summed E-state index contributed by atoms with van der Waals surface area (Å²) in [5.74, 6) is 0.709. The van der Waals surface area contributed by atoms with E-state index in [0.717, 1.165) is 15.6 Å². The molecule has 0 spiro atoms. The monoisotopic (exact) mass is 319 g/mol. The molecule has 1 N–H and O–H groups in total. The molecule has 0 aliphatic carbocycles. The van der Waals surface area contributed by atoms with Crippen LogP contribution in [0.3, 0.4) is 0 Å². The number of hydrogen-bond acceptors (Lipinski definition) is 3. The molecule has 0 bridgehead atoms. The highest BCUT2D eigenvalue weighted by molar-refractivity contribution is 9.10. The van der Waals surface area contributed by atoms with Crippen molar-refractivity contribution >= 4 is 21.6 Å². The van der Waals surface area contributed by atoms with Crippen LogP contribution in [-0.2, 0) is 6.61 Å². The van der Waals surface area contributed by atoms with Crippen LogP contribution in [0, 0.1) is 0 Å². The second kappa shape index (κ2) is 6.38. The van der Waals surface area contributed by atoms with Crippen molar-refractivity contribution in [1.29, 1.82) is 0 Å². The van der Waals surface area contributed by atoms with Gasteiger partial charge in [0, 0.05) is 10.0 Å². The molecule has 0 aliphatic heterocycles. The van der Waals surface area contributed by atoms with E-state index >= 15 is 0 Å². The molecule has 0 saturated carbocycles. The lowest BCUT2D eigenvalue weighted by molar-refractivity contribution is 0.303. The highest BCUT2D eigenvalue weighted by Gasteiger charge is 2.06. The smallest absolute Gasteiger partial charge is 0.128 e. The van der Waals surface area contributed by atoms with E-state index in [1.54, 1.807) is 6.92 Å². The normalized spacial score (nSPS) is 11.4. The van der Waals surface area contributed by atoms with Crippen LogP contribution < -0.4 is 4.74 Å². The average molecular weight is 320 g/mol. The van der Waals surface area contributed by atoms with Gasteiger partial charge in [-0.25, -0.2) is 0 Å². The van der Waals surface area contributed by atoms with Crippen LogP contribution >= 0.6 is 15.9 Å². The van der Waals surface area contributed by atoms with Gasteiger partial charge in [0.05, 0.1) is 5.71 Å². The quantitative estimate of drug-likeness (QED) is 0.520. The van der Waals surface area contributed by atoms with E-state index in [-0.39, 0.29) is 0 Å². The zero-order valence-electron chi connectivity index (χ0n) is 10.5. The zero-order valence-corrected chi connectivity index (χ0v) is 12.1. The molecule has 4 heteroatoms. The highest BCUT2D eigenvalue weighted by Crippen LogP contribution is 2.20. The summed E-state index contributed by atoms with van der Waals surface area (Å²) < 4.78 is 6.82. The zero-order chi connectivity index (χ0) is 13.7. The Bertz CT molecular complexity index is 579. The van der Waals surface area contributed by atoms with Gasteiger partial charge in [0.25, 0.3) is 0 Å². The molecule has 2 rings (SSSR count). The molecule has 0 aromatic heterocycles. The van der Waals surface area contributed by atoms with Gasteiger partial charge in [0.2, 0.25) is 0 Å². The Balaban J connectivity index is 2.13. The summed E-state index contributed by atoms with van der Waals surface area (Å²) in [6.45, 7) is 2.21. The minimum absolute atomic E-state index is 0.475. The van der Waals surface area contributed by atoms with E-state index in [1.165, 1.54) is 0 Å². The van der Waals surface area contributed by atoms with E-state index in [1.807, 2.05) is 48.5 Å². The van der Waals surface area contributed by atoms with Crippen LogP contribution in [0.1, 0.15) is 18.1 Å². The Morgan fingerprint density at radius 1 is 1.16 bits per heavy atom. The summed E-state index contributed by atoms with van der Waals surface area (Å²) in [7, 11) is 0. The second-order valence-electron chi connectivity index (χ2n) is 4.10. The molecule has 0 radical (unpaired) electrons. The van der Waals surface area contributed by atoms with Crippen molar-refractivity contribution in [3.8, 4) is 5.75 Å². The Hall–Kier alpha value is -1.81. The Kier molecular flexibility index (Phi) is 4.58. The first kappa shape index (κ1) is 13.6. The Labute approximate surface area is 120 Å². The molecule has 0 heterocycles. The maximum Gasteiger partial charge on any atom is 0.128 e. The first-order chi connectivity index (χ1) is 9.20. The maximum absolute atomic E-state index is 8.86. The van der Waals surface area contributed by atoms with Gasteiger partial charge in [-0.05, 0) is 36.8 Å². The van der Waals surface area contributed by atoms with Crippen molar-refractivity contribution in [3.05, 3.63) is 64.1 Å². The third-order valence-electron chi connectivity index (χ3n) is 2.73. The largest absolute Gasteiger partial charge is 0.488 e. The molecule has 2 aromatic carbocycles. The maximum atomic E-state index is 8.86. The van der Waals surface area contributed by atoms with Gasteiger partial charge in [-0.2, -0.15) is 0 Å².